The summed E-state index contributed by atoms with van der Waals surface area (Å²) in [6.07, 6.45) is 7.07. The van der Waals surface area contributed by atoms with Crippen molar-refractivity contribution >= 4 is 28.1 Å². The topological polar surface area (TPSA) is 138 Å². The van der Waals surface area contributed by atoms with Crippen molar-refractivity contribution in [2.45, 2.75) is 19.5 Å². The highest BCUT2D eigenvalue weighted by Gasteiger charge is 2.24. The zero-order chi connectivity index (χ0) is 30.9. The number of nitrogens with two attached hydrogens (primary N) is 1. The van der Waals surface area contributed by atoms with Crippen molar-refractivity contribution < 1.29 is 9.53 Å². The van der Waals surface area contributed by atoms with Crippen LogP contribution in [-0.2, 0) is 11.3 Å². The molecule has 1 aliphatic rings. The lowest BCUT2D eigenvalue weighted by Crippen LogP contribution is -2.38. The first-order valence-electron chi connectivity index (χ1n) is 14.9. The van der Waals surface area contributed by atoms with Crippen LogP contribution in [0.2, 0.25) is 0 Å². The van der Waals surface area contributed by atoms with Gasteiger partial charge in [-0.25, -0.2) is 9.50 Å². The number of para-hydroxylation sites is 1. The summed E-state index contributed by atoms with van der Waals surface area (Å²) < 4.78 is 10.5. The largest absolute Gasteiger partial charge is 0.381 e. The van der Waals surface area contributed by atoms with Gasteiger partial charge in [0.2, 0.25) is 0 Å². The number of nitrogens with zero attached hydrogens (tertiary/aromatic N) is 7. The number of benzene rings is 2. The molecule has 1 fully saturated rings. The van der Waals surface area contributed by atoms with Crippen LogP contribution < -0.4 is 16.6 Å². The molecule has 3 N–H and O–H groups in total. The molecule has 7 rings (SSSR count). The van der Waals surface area contributed by atoms with Crippen molar-refractivity contribution in [2.75, 3.05) is 38.6 Å². The molecule has 0 bridgehead atoms. The van der Waals surface area contributed by atoms with Gasteiger partial charge in [-0.15, -0.1) is 5.10 Å². The molecule has 1 atom stereocenters. The maximum absolute atomic E-state index is 14.5. The van der Waals surface area contributed by atoms with Crippen molar-refractivity contribution in [3.8, 4) is 16.8 Å². The fourth-order valence-corrected chi connectivity index (χ4v) is 5.94. The number of ether oxygens (including phenoxy) is 1. The normalized spacial score (nSPS) is 14.6. The number of pyridine rings is 1. The minimum atomic E-state index is -0.570. The van der Waals surface area contributed by atoms with Crippen LogP contribution in [0.3, 0.4) is 0 Å². The van der Waals surface area contributed by atoms with E-state index >= 15 is 0 Å². The number of nitrogens with one attached hydrogen (secondary N) is 1. The van der Waals surface area contributed by atoms with Crippen molar-refractivity contribution in [3.63, 3.8) is 0 Å². The predicted molar refractivity (Wildman–Crippen MR) is 171 cm³/mol. The Hall–Kier alpha value is -5.33. The molecular formula is C33H33N9O3. The number of amides is 1. The minimum Gasteiger partial charge on any atom is -0.381 e. The molecule has 228 valence electrons. The number of anilines is 1. The molecule has 12 heteroatoms. The van der Waals surface area contributed by atoms with Gasteiger partial charge in [0.15, 0.2) is 11.5 Å². The Bertz CT molecular complexity index is 2060. The van der Waals surface area contributed by atoms with Gasteiger partial charge in [-0.2, -0.15) is 5.10 Å². The summed E-state index contributed by atoms with van der Waals surface area (Å²) in [4.78, 5) is 34.7. The molecule has 12 nitrogen and oxygen atoms in total. The molecule has 0 spiro atoms. The number of hydrogen-bond acceptors (Lipinski definition) is 8. The van der Waals surface area contributed by atoms with Crippen LogP contribution >= 0.6 is 0 Å². The van der Waals surface area contributed by atoms with E-state index in [9.17, 15) is 9.59 Å². The van der Waals surface area contributed by atoms with Gasteiger partial charge in [0.05, 0.1) is 37.4 Å². The lowest BCUT2D eigenvalue weighted by Gasteiger charge is -2.26. The van der Waals surface area contributed by atoms with Gasteiger partial charge < -0.3 is 15.8 Å². The van der Waals surface area contributed by atoms with Gasteiger partial charge in [0.1, 0.15) is 5.56 Å². The zero-order valence-corrected chi connectivity index (χ0v) is 24.8. The Morgan fingerprint density at radius 2 is 1.89 bits per heavy atom. The van der Waals surface area contributed by atoms with Crippen LogP contribution in [0.25, 0.3) is 33.2 Å². The van der Waals surface area contributed by atoms with E-state index in [0.29, 0.717) is 22.4 Å². The van der Waals surface area contributed by atoms with Crippen molar-refractivity contribution in [1.29, 1.82) is 0 Å². The molecule has 0 aliphatic carbocycles. The highest BCUT2D eigenvalue weighted by molar-refractivity contribution is 6.04. The fraction of sp³-hybridized carbons (Fsp3) is 0.242. The fourth-order valence-electron chi connectivity index (χ4n) is 5.94. The SMILES string of the molecule is C[C@@H](NC(=O)c1c(N)nn2cccnc12)c1cc2cccc(-c3cnn(CCN4CCOCC4)c3)c2c(=O)n1-c1ccccc1. The van der Waals surface area contributed by atoms with Gasteiger partial charge in [-0.3, -0.25) is 23.7 Å². The average molecular weight is 604 g/mol. The summed E-state index contributed by atoms with van der Waals surface area (Å²) >= 11 is 0. The number of hydrogen-bond donors (Lipinski definition) is 2. The predicted octanol–water partition coefficient (Wildman–Crippen LogP) is 3.30. The monoisotopic (exact) mass is 603 g/mol. The van der Waals surface area contributed by atoms with E-state index in [2.05, 4.69) is 25.4 Å². The third kappa shape index (κ3) is 5.45. The number of aromatic nitrogens is 6. The van der Waals surface area contributed by atoms with E-state index in [0.717, 1.165) is 55.9 Å². The Balaban J connectivity index is 1.27. The highest BCUT2D eigenvalue weighted by atomic mass is 16.5. The molecule has 1 saturated heterocycles. The van der Waals surface area contributed by atoms with E-state index in [1.807, 2.05) is 78.6 Å². The highest BCUT2D eigenvalue weighted by Crippen LogP contribution is 2.29. The molecule has 0 radical (unpaired) electrons. The maximum Gasteiger partial charge on any atom is 0.263 e. The third-order valence-electron chi connectivity index (χ3n) is 8.22. The van der Waals surface area contributed by atoms with Crippen LogP contribution in [-0.4, -0.2) is 72.6 Å². The number of carbonyl (C=O) groups is 1. The Labute approximate surface area is 258 Å². The number of morpholine rings is 1. The second kappa shape index (κ2) is 12.0. The summed E-state index contributed by atoms with van der Waals surface area (Å²) in [5.74, 6) is -0.355. The number of fused-ring (bicyclic) bond motifs is 2. The van der Waals surface area contributed by atoms with E-state index in [-0.39, 0.29) is 16.9 Å². The average Bonchev–Trinajstić information content (AvgIpc) is 3.68. The summed E-state index contributed by atoms with van der Waals surface area (Å²) in [5, 5.41) is 13.2. The molecule has 2 aromatic carbocycles. The molecule has 0 saturated carbocycles. The lowest BCUT2D eigenvalue weighted by molar-refractivity contribution is 0.0360. The van der Waals surface area contributed by atoms with Gasteiger partial charge in [-0.05, 0) is 42.1 Å². The summed E-state index contributed by atoms with van der Waals surface area (Å²) in [6, 6.07) is 18.3. The van der Waals surface area contributed by atoms with Crippen molar-refractivity contribution in [2.24, 2.45) is 0 Å². The molecular weight excluding hydrogens is 570 g/mol. The zero-order valence-electron chi connectivity index (χ0n) is 24.8. The first-order valence-corrected chi connectivity index (χ1v) is 14.9. The first-order chi connectivity index (χ1) is 22.0. The Morgan fingerprint density at radius 3 is 2.71 bits per heavy atom. The Kier molecular flexibility index (Phi) is 7.57. The molecule has 5 heterocycles. The first kappa shape index (κ1) is 28.4. The number of rotatable bonds is 8. The standard InChI is InChI=1S/C33H33N9O3/c1-22(37-32(43)29-30(34)38-41-12-6-11-35-31(29)41)27-19-23-7-5-10-26(28(23)33(44)42(27)25-8-3-2-4-9-25)24-20-36-40(21-24)14-13-39-15-17-45-18-16-39/h2-12,19-22H,13-18H2,1H3,(H2,34,38)(H,37,43)/t22-/m1/s1. The minimum absolute atomic E-state index is 0.0764. The molecule has 1 aliphatic heterocycles. The number of nitrogen functional groups attached to an aromatic ring is 1. The molecule has 45 heavy (non-hydrogen) atoms. The van der Waals surface area contributed by atoms with Gasteiger partial charge in [-0.1, -0.05) is 36.4 Å². The smallest absolute Gasteiger partial charge is 0.263 e. The second-order valence-corrected chi connectivity index (χ2v) is 11.1. The molecule has 1 amide bonds. The van der Waals surface area contributed by atoms with E-state index in [4.69, 9.17) is 10.5 Å². The van der Waals surface area contributed by atoms with Crippen LogP contribution in [0.15, 0.2) is 90.2 Å². The van der Waals surface area contributed by atoms with Crippen LogP contribution in [0.5, 0.6) is 0 Å². The number of carbonyl (C=O) groups excluding carboxylic acids is 1. The summed E-state index contributed by atoms with van der Waals surface area (Å²) in [5.41, 5.74) is 9.44. The quantitative estimate of drug-likeness (QED) is 0.270. The molecule has 6 aromatic rings. The van der Waals surface area contributed by atoms with Crippen LogP contribution in [0.1, 0.15) is 29.0 Å². The Morgan fingerprint density at radius 1 is 1.07 bits per heavy atom. The van der Waals surface area contributed by atoms with Crippen molar-refractivity contribution in [1.82, 2.24) is 39.2 Å². The van der Waals surface area contributed by atoms with Gasteiger partial charge in [0, 0.05) is 55.2 Å². The van der Waals surface area contributed by atoms with E-state index < -0.39 is 11.9 Å². The second-order valence-electron chi connectivity index (χ2n) is 11.1. The van der Waals surface area contributed by atoms with Gasteiger partial charge in [0.25, 0.3) is 11.5 Å². The maximum atomic E-state index is 14.5. The lowest BCUT2D eigenvalue weighted by atomic mass is 9.99. The van der Waals surface area contributed by atoms with Crippen LogP contribution in [0.4, 0.5) is 5.82 Å². The molecule has 4 aromatic heterocycles. The van der Waals surface area contributed by atoms with E-state index in [1.165, 1.54) is 4.52 Å². The van der Waals surface area contributed by atoms with Crippen LogP contribution in [0, 0.1) is 0 Å². The van der Waals surface area contributed by atoms with Gasteiger partial charge >= 0.3 is 0 Å². The summed E-state index contributed by atoms with van der Waals surface area (Å²) in [7, 11) is 0. The molecule has 0 unspecified atom stereocenters. The third-order valence-corrected chi connectivity index (χ3v) is 8.22. The van der Waals surface area contributed by atoms with Crippen molar-refractivity contribution in [3.05, 3.63) is 107 Å². The summed E-state index contributed by atoms with van der Waals surface area (Å²) in [6.45, 7) is 6.81. The van der Waals surface area contributed by atoms with E-state index in [1.54, 1.807) is 23.0 Å².